The minimum Gasteiger partial charge on any atom is -0.380 e. The van der Waals surface area contributed by atoms with Crippen molar-refractivity contribution in [2.24, 2.45) is 5.92 Å². The van der Waals surface area contributed by atoms with Crippen LogP contribution in [0.2, 0.25) is 0 Å². The Kier molecular flexibility index (Phi) is 2.62. The van der Waals surface area contributed by atoms with Crippen LogP contribution in [0.4, 0.5) is 5.82 Å². The minimum absolute atomic E-state index is 0.408. The zero-order valence-corrected chi connectivity index (χ0v) is 10.8. The Labute approximate surface area is 107 Å². The minimum atomic E-state index is 0.408. The molecule has 2 N–H and O–H groups in total. The fraction of sp³-hybridized carbons (Fsp3) is 0.400. The molecule has 1 unspecified atom stereocenters. The Morgan fingerprint density at radius 2 is 2.17 bits per heavy atom. The molecule has 1 aliphatic rings. The molecular weight excluding hydrogens is 224 g/mol. The van der Waals surface area contributed by atoms with Gasteiger partial charge < -0.3 is 10.3 Å². The topological polar surface area (TPSA) is 52.0 Å². The van der Waals surface area contributed by atoms with E-state index in [-0.39, 0.29) is 0 Å². The maximum absolute atomic E-state index is 5.98. The predicted molar refractivity (Wildman–Crippen MR) is 72.2 cm³/mol. The summed E-state index contributed by atoms with van der Waals surface area (Å²) in [5, 5.41) is 3.96. The molecule has 3 rings (SSSR count). The van der Waals surface area contributed by atoms with Crippen molar-refractivity contribution in [1.29, 1.82) is 0 Å². The van der Waals surface area contributed by atoms with Crippen molar-refractivity contribution in [1.82, 2.24) is 5.16 Å². The molecule has 1 atom stereocenters. The number of anilines is 1. The van der Waals surface area contributed by atoms with Gasteiger partial charge in [0.1, 0.15) is 5.76 Å². The average molecular weight is 242 g/mol. The molecule has 0 spiro atoms. The lowest BCUT2D eigenvalue weighted by Crippen LogP contribution is -1.97. The molecule has 0 bridgehead atoms. The van der Waals surface area contributed by atoms with Gasteiger partial charge in [-0.3, -0.25) is 0 Å². The molecule has 0 radical (unpaired) electrons. The first-order chi connectivity index (χ1) is 8.66. The number of aryl methyl sites for hydroxylation is 1. The second kappa shape index (κ2) is 4.16. The largest absolute Gasteiger partial charge is 0.380 e. The van der Waals surface area contributed by atoms with Crippen molar-refractivity contribution in [3.63, 3.8) is 0 Å². The number of nitrogen functional groups attached to an aromatic ring is 1. The molecule has 1 heterocycles. The molecule has 3 heteroatoms. The van der Waals surface area contributed by atoms with Crippen LogP contribution in [0.5, 0.6) is 0 Å². The van der Waals surface area contributed by atoms with Crippen LogP contribution in [-0.4, -0.2) is 5.16 Å². The van der Waals surface area contributed by atoms with Gasteiger partial charge in [0.15, 0.2) is 5.82 Å². The lowest BCUT2D eigenvalue weighted by atomic mass is 9.95. The summed E-state index contributed by atoms with van der Waals surface area (Å²) in [5.74, 6) is 2.59. The predicted octanol–water partition coefficient (Wildman–Crippen LogP) is 3.75. The first-order valence-corrected chi connectivity index (χ1v) is 6.49. The van der Waals surface area contributed by atoms with Crippen LogP contribution in [0.25, 0.3) is 11.1 Å². The van der Waals surface area contributed by atoms with Gasteiger partial charge in [0.05, 0.1) is 5.56 Å². The number of rotatable bonds is 3. The third kappa shape index (κ3) is 1.90. The highest BCUT2D eigenvalue weighted by molar-refractivity contribution is 5.76. The van der Waals surface area contributed by atoms with E-state index in [1.54, 1.807) is 0 Å². The number of hydrogen-bond acceptors (Lipinski definition) is 3. The van der Waals surface area contributed by atoms with Crippen LogP contribution >= 0.6 is 0 Å². The molecule has 0 saturated heterocycles. The Morgan fingerprint density at radius 1 is 1.39 bits per heavy atom. The van der Waals surface area contributed by atoms with Gasteiger partial charge in [-0.25, -0.2) is 0 Å². The van der Waals surface area contributed by atoms with Gasteiger partial charge in [0.2, 0.25) is 0 Å². The van der Waals surface area contributed by atoms with Crippen molar-refractivity contribution >= 4 is 5.82 Å². The Balaban J connectivity index is 2.07. The SMILES string of the molecule is Cc1cccc(-c2c(N)noc2C(C)C2CC2)c1. The lowest BCUT2D eigenvalue weighted by molar-refractivity contribution is 0.358. The fourth-order valence-corrected chi connectivity index (χ4v) is 2.53. The van der Waals surface area contributed by atoms with E-state index in [1.165, 1.54) is 18.4 Å². The van der Waals surface area contributed by atoms with E-state index in [0.717, 1.165) is 22.8 Å². The van der Waals surface area contributed by atoms with Gasteiger partial charge in [0.25, 0.3) is 0 Å². The number of aromatic nitrogens is 1. The highest BCUT2D eigenvalue weighted by Crippen LogP contribution is 2.46. The van der Waals surface area contributed by atoms with E-state index in [4.69, 9.17) is 10.3 Å². The smallest absolute Gasteiger partial charge is 0.175 e. The van der Waals surface area contributed by atoms with Crippen molar-refractivity contribution in [3.05, 3.63) is 35.6 Å². The third-order valence-electron chi connectivity index (χ3n) is 3.79. The summed E-state index contributed by atoms with van der Waals surface area (Å²) in [6.45, 7) is 4.29. The maximum atomic E-state index is 5.98. The van der Waals surface area contributed by atoms with E-state index in [1.807, 2.05) is 6.07 Å². The highest BCUT2D eigenvalue weighted by Gasteiger charge is 2.34. The molecule has 1 fully saturated rings. The summed E-state index contributed by atoms with van der Waals surface area (Å²) in [4.78, 5) is 0. The van der Waals surface area contributed by atoms with Crippen LogP contribution in [0.15, 0.2) is 28.8 Å². The molecule has 1 aliphatic carbocycles. The van der Waals surface area contributed by atoms with Crippen molar-refractivity contribution in [3.8, 4) is 11.1 Å². The van der Waals surface area contributed by atoms with E-state index in [9.17, 15) is 0 Å². The van der Waals surface area contributed by atoms with Gasteiger partial charge in [-0.2, -0.15) is 0 Å². The van der Waals surface area contributed by atoms with E-state index in [0.29, 0.717) is 11.7 Å². The Hall–Kier alpha value is -1.77. The Bertz CT molecular complexity index is 570. The molecule has 1 aromatic carbocycles. The molecule has 2 aromatic rings. The second-order valence-corrected chi connectivity index (χ2v) is 5.30. The molecule has 1 saturated carbocycles. The number of nitrogens with zero attached hydrogens (tertiary/aromatic N) is 1. The van der Waals surface area contributed by atoms with Crippen LogP contribution in [0.3, 0.4) is 0 Å². The summed E-state index contributed by atoms with van der Waals surface area (Å²) in [5.41, 5.74) is 9.29. The maximum Gasteiger partial charge on any atom is 0.175 e. The van der Waals surface area contributed by atoms with E-state index < -0.39 is 0 Å². The molecule has 0 aliphatic heterocycles. The first kappa shape index (κ1) is 11.3. The van der Waals surface area contributed by atoms with Crippen LogP contribution < -0.4 is 5.73 Å². The van der Waals surface area contributed by atoms with Crippen molar-refractivity contribution in [2.75, 3.05) is 5.73 Å². The Morgan fingerprint density at radius 3 is 2.83 bits per heavy atom. The third-order valence-corrected chi connectivity index (χ3v) is 3.79. The highest BCUT2D eigenvalue weighted by atomic mass is 16.5. The molecule has 94 valence electrons. The monoisotopic (exact) mass is 242 g/mol. The summed E-state index contributed by atoms with van der Waals surface area (Å²) in [6, 6.07) is 8.32. The molecular formula is C15H18N2O. The zero-order chi connectivity index (χ0) is 12.7. The molecule has 3 nitrogen and oxygen atoms in total. The molecule has 0 amide bonds. The quantitative estimate of drug-likeness (QED) is 0.891. The summed E-state index contributed by atoms with van der Waals surface area (Å²) in [7, 11) is 0. The molecule has 1 aromatic heterocycles. The first-order valence-electron chi connectivity index (χ1n) is 6.49. The standard InChI is InChI=1S/C15H18N2O/c1-9-4-3-5-12(8-9)13-14(18-17-15(13)16)10(2)11-6-7-11/h3-5,8,10-11H,6-7H2,1-2H3,(H2,16,17). The van der Waals surface area contributed by atoms with Crippen molar-refractivity contribution in [2.45, 2.75) is 32.6 Å². The van der Waals surface area contributed by atoms with Gasteiger partial charge in [-0.05, 0) is 31.2 Å². The van der Waals surface area contributed by atoms with Gasteiger partial charge in [0, 0.05) is 5.92 Å². The fourth-order valence-electron chi connectivity index (χ4n) is 2.53. The van der Waals surface area contributed by atoms with E-state index in [2.05, 4.69) is 37.2 Å². The summed E-state index contributed by atoms with van der Waals surface area (Å²) < 4.78 is 5.48. The van der Waals surface area contributed by atoms with Crippen LogP contribution in [0, 0.1) is 12.8 Å². The van der Waals surface area contributed by atoms with Gasteiger partial charge >= 0.3 is 0 Å². The number of benzene rings is 1. The second-order valence-electron chi connectivity index (χ2n) is 5.30. The lowest BCUT2D eigenvalue weighted by Gasteiger charge is -2.09. The van der Waals surface area contributed by atoms with Crippen LogP contribution in [0.1, 0.15) is 37.0 Å². The zero-order valence-electron chi connectivity index (χ0n) is 10.8. The van der Waals surface area contributed by atoms with Crippen LogP contribution in [-0.2, 0) is 0 Å². The number of nitrogens with two attached hydrogens (primary N) is 1. The van der Waals surface area contributed by atoms with Crippen molar-refractivity contribution < 1.29 is 4.52 Å². The number of hydrogen-bond donors (Lipinski definition) is 1. The van der Waals surface area contributed by atoms with E-state index >= 15 is 0 Å². The normalized spacial score (nSPS) is 16.8. The van der Waals surface area contributed by atoms with Gasteiger partial charge in [-0.1, -0.05) is 41.9 Å². The molecule has 18 heavy (non-hydrogen) atoms. The van der Waals surface area contributed by atoms with Gasteiger partial charge in [-0.15, -0.1) is 0 Å². The average Bonchev–Trinajstić information content (AvgIpc) is 3.12. The summed E-state index contributed by atoms with van der Waals surface area (Å²) in [6.07, 6.45) is 2.57. The summed E-state index contributed by atoms with van der Waals surface area (Å²) >= 11 is 0.